The van der Waals surface area contributed by atoms with Gasteiger partial charge in [0.1, 0.15) is 8.55 Å². The number of nitrogens with two attached hydrogens (primary N) is 2. The molecular formula is C11H10Cl2N4O2S2. The number of anilines is 1. The largest absolute Gasteiger partial charge is 0.370 e. The maximum atomic E-state index is 12.1. The highest BCUT2D eigenvalue weighted by Gasteiger charge is 2.19. The summed E-state index contributed by atoms with van der Waals surface area (Å²) < 4.78 is 27.0. The first-order valence-electron chi connectivity index (χ1n) is 5.45. The number of hydrogen-bond donors (Lipinski definition) is 3. The predicted molar refractivity (Wildman–Crippen MR) is 87.1 cm³/mol. The Morgan fingerprint density at radius 1 is 1.19 bits per heavy atom. The topological polar surface area (TPSA) is 111 Å². The van der Waals surface area contributed by atoms with Crippen molar-refractivity contribution in [3.05, 3.63) is 39.7 Å². The zero-order valence-corrected chi connectivity index (χ0v) is 13.5. The summed E-state index contributed by atoms with van der Waals surface area (Å²) in [6.45, 7) is 0. The van der Waals surface area contributed by atoms with Crippen molar-refractivity contribution in [2.75, 3.05) is 4.72 Å². The van der Waals surface area contributed by atoms with Gasteiger partial charge in [0.2, 0.25) is 0 Å². The van der Waals surface area contributed by atoms with Gasteiger partial charge in [-0.15, -0.1) is 11.3 Å². The monoisotopic (exact) mass is 364 g/mol. The summed E-state index contributed by atoms with van der Waals surface area (Å²) in [6, 6.07) is 7.52. The summed E-state index contributed by atoms with van der Waals surface area (Å²) in [7, 11) is -3.74. The van der Waals surface area contributed by atoms with Gasteiger partial charge in [-0.1, -0.05) is 23.2 Å². The Labute approximate surface area is 135 Å². The molecule has 2 aromatic rings. The van der Waals surface area contributed by atoms with Crippen molar-refractivity contribution in [3.63, 3.8) is 0 Å². The molecule has 0 fully saturated rings. The van der Waals surface area contributed by atoms with Crippen molar-refractivity contribution >= 4 is 61.9 Å². The molecule has 112 valence electrons. The van der Waals surface area contributed by atoms with Crippen LogP contribution in [0.15, 0.2) is 39.5 Å². The molecule has 0 spiro atoms. The minimum Gasteiger partial charge on any atom is -0.370 e. The number of sulfonamides is 1. The van der Waals surface area contributed by atoms with Crippen molar-refractivity contribution in [1.29, 1.82) is 0 Å². The van der Waals surface area contributed by atoms with E-state index in [1.54, 1.807) is 12.1 Å². The van der Waals surface area contributed by atoms with Gasteiger partial charge in [0, 0.05) is 5.69 Å². The van der Waals surface area contributed by atoms with Crippen LogP contribution in [-0.2, 0) is 10.0 Å². The minimum atomic E-state index is -3.74. The smallest absolute Gasteiger partial charge is 0.271 e. The average Bonchev–Trinajstić information content (AvgIpc) is 2.72. The average molecular weight is 365 g/mol. The number of benzene rings is 1. The normalized spacial score (nSPS) is 11.1. The lowest BCUT2D eigenvalue weighted by molar-refractivity contribution is 0.603. The lowest BCUT2D eigenvalue weighted by Crippen LogP contribution is -2.21. The number of thiophene rings is 1. The number of nitrogens with zero attached hydrogens (tertiary/aromatic N) is 1. The summed E-state index contributed by atoms with van der Waals surface area (Å²) >= 11 is 12.4. The molecule has 0 saturated heterocycles. The SMILES string of the molecule is NC(N)=Nc1ccc(NS(=O)(=O)c2cc(Cl)c(Cl)s2)cc1. The van der Waals surface area contributed by atoms with Gasteiger partial charge in [0.05, 0.1) is 10.7 Å². The van der Waals surface area contributed by atoms with Crippen LogP contribution in [0.5, 0.6) is 0 Å². The van der Waals surface area contributed by atoms with Crippen molar-refractivity contribution < 1.29 is 8.42 Å². The Kier molecular flexibility index (Phi) is 4.62. The van der Waals surface area contributed by atoms with Crippen LogP contribution < -0.4 is 16.2 Å². The Bertz CT molecular complexity index is 762. The standard InChI is InChI=1S/C11H10Cl2N4O2S2/c12-8-5-9(20-10(8)13)21(18,19)17-7-3-1-6(2-4-7)16-11(14)15/h1-5,17H,(H4,14,15,16). The maximum absolute atomic E-state index is 12.1. The lowest BCUT2D eigenvalue weighted by Gasteiger charge is -2.06. The molecule has 1 aromatic carbocycles. The third-order valence-corrected chi connectivity index (χ3v) is 5.99. The van der Waals surface area contributed by atoms with Gasteiger partial charge in [-0.05, 0) is 30.3 Å². The third kappa shape index (κ3) is 4.01. The zero-order chi connectivity index (χ0) is 15.6. The van der Waals surface area contributed by atoms with Crippen LogP contribution in [0.1, 0.15) is 0 Å². The number of rotatable bonds is 4. The van der Waals surface area contributed by atoms with Crippen LogP contribution in [0.3, 0.4) is 0 Å². The number of aliphatic imine (C=N–C) groups is 1. The van der Waals surface area contributed by atoms with Crippen molar-refractivity contribution in [2.45, 2.75) is 4.21 Å². The van der Waals surface area contributed by atoms with E-state index in [1.807, 2.05) is 0 Å². The Hall–Kier alpha value is -1.48. The molecule has 0 saturated carbocycles. The Morgan fingerprint density at radius 2 is 1.81 bits per heavy atom. The summed E-state index contributed by atoms with van der Waals surface area (Å²) in [4.78, 5) is 3.83. The number of nitrogens with one attached hydrogen (secondary N) is 1. The molecule has 5 N–H and O–H groups in total. The van der Waals surface area contributed by atoms with E-state index in [0.717, 1.165) is 11.3 Å². The van der Waals surface area contributed by atoms with E-state index in [2.05, 4.69) is 9.71 Å². The molecule has 0 aliphatic carbocycles. The third-order valence-electron chi connectivity index (χ3n) is 2.27. The molecule has 0 bridgehead atoms. The minimum absolute atomic E-state index is 0.0331. The second kappa shape index (κ2) is 6.10. The zero-order valence-electron chi connectivity index (χ0n) is 10.4. The molecule has 10 heteroatoms. The van der Waals surface area contributed by atoms with Crippen LogP contribution in [0.25, 0.3) is 0 Å². The van der Waals surface area contributed by atoms with E-state index in [9.17, 15) is 8.42 Å². The van der Waals surface area contributed by atoms with Gasteiger partial charge in [-0.25, -0.2) is 13.4 Å². The summed E-state index contributed by atoms with van der Waals surface area (Å²) in [5.74, 6) is -0.0776. The van der Waals surface area contributed by atoms with E-state index in [4.69, 9.17) is 34.7 Å². The van der Waals surface area contributed by atoms with Crippen LogP contribution in [0.2, 0.25) is 9.36 Å². The van der Waals surface area contributed by atoms with Crippen LogP contribution in [-0.4, -0.2) is 14.4 Å². The fourth-order valence-corrected chi connectivity index (χ4v) is 4.36. The first-order chi connectivity index (χ1) is 9.78. The molecule has 0 unspecified atom stereocenters. The molecule has 1 heterocycles. The molecule has 0 aliphatic heterocycles. The lowest BCUT2D eigenvalue weighted by atomic mass is 10.3. The van der Waals surface area contributed by atoms with Gasteiger partial charge < -0.3 is 11.5 Å². The summed E-state index contributed by atoms with van der Waals surface area (Å²) in [6.07, 6.45) is 0. The predicted octanol–water partition coefficient (Wildman–Crippen LogP) is 2.76. The highest BCUT2D eigenvalue weighted by molar-refractivity contribution is 7.94. The molecule has 0 amide bonds. The molecule has 21 heavy (non-hydrogen) atoms. The molecule has 6 nitrogen and oxygen atoms in total. The van der Waals surface area contributed by atoms with E-state index in [1.165, 1.54) is 18.2 Å². The Balaban J connectivity index is 2.22. The molecule has 1 aromatic heterocycles. The van der Waals surface area contributed by atoms with Crippen LogP contribution >= 0.6 is 34.5 Å². The van der Waals surface area contributed by atoms with E-state index in [-0.39, 0.29) is 19.5 Å². The number of guanidine groups is 1. The summed E-state index contributed by atoms with van der Waals surface area (Å²) in [5.41, 5.74) is 11.4. The maximum Gasteiger partial charge on any atom is 0.271 e. The Morgan fingerprint density at radius 3 is 2.29 bits per heavy atom. The number of hydrogen-bond acceptors (Lipinski definition) is 4. The molecule has 0 atom stereocenters. The van der Waals surface area contributed by atoms with Gasteiger partial charge >= 0.3 is 0 Å². The van der Waals surface area contributed by atoms with Gasteiger partial charge in [0.15, 0.2) is 5.96 Å². The van der Waals surface area contributed by atoms with Crippen molar-refractivity contribution in [2.24, 2.45) is 16.5 Å². The molecule has 0 radical (unpaired) electrons. The highest BCUT2D eigenvalue weighted by atomic mass is 35.5. The van der Waals surface area contributed by atoms with Crippen molar-refractivity contribution in [3.8, 4) is 0 Å². The quantitative estimate of drug-likeness (QED) is 0.571. The second-order valence-corrected chi connectivity index (χ2v) is 7.85. The van der Waals surface area contributed by atoms with E-state index in [0.29, 0.717) is 11.4 Å². The second-order valence-electron chi connectivity index (χ2n) is 3.88. The fraction of sp³-hybridized carbons (Fsp3) is 0. The molecule has 0 aliphatic rings. The first-order valence-corrected chi connectivity index (χ1v) is 8.51. The fourth-order valence-electron chi connectivity index (χ4n) is 1.42. The van der Waals surface area contributed by atoms with E-state index < -0.39 is 10.0 Å². The van der Waals surface area contributed by atoms with Crippen molar-refractivity contribution in [1.82, 2.24) is 0 Å². The van der Waals surface area contributed by atoms with E-state index >= 15 is 0 Å². The summed E-state index contributed by atoms with van der Waals surface area (Å²) in [5, 5.41) is 0.199. The number of halogens is 2. The van der Waals surface area contributed by atoms with Gasteiger partial charge in [-0.3, -0.25) is 4.72 Å². The van der Waals surface area contributed by atoms with Gasteiger partial charge in [-0.2, -0.15) is 0 Å². The molecule has 2 rings (SSSR count). The molecular weight excluding hydrogens is 355 g/mol. The highest BCUT2D eigenvalue weighted by Crippen LogP contribution is 2.35. The van der Waals surface area contributed by atoms with Crippen LogP contribution in [0, 0.1) is 0 Å². The van der Waals surface area contributed by atoms with Crippen LogP contribution in [0.4, 0.5) is 11.4 Å². The van der Waals surface area contributed by atoms with Gasteiger partial charge in [0.25, 0.3) is 10.0 Å². The first kappa shape index (κ1) is 15.9.